The summed E-state index contributed by atoms with van der Waals surface area (Å²) in [4.78, 5) is 40.1. The van der Waals surface area contributed by atoms with E-state index in [2.05, 4.69) is 36.1 Å². The van der Waals surface area contributed by atoms with Crippen LogP contribution in [0.5, 0.6) is 0 Å². The van der Waals surface area contributed by atoms with Crippen LogP contribution in [0.1, 0.15) is 21.7 Å². The number of piperazine rings is 1. The third kappa shape index (κ3) is 3.60. The first-order chi connectivity index (χ1) is 15.5. The molecular formula is C23H24N6O3. The van der Waals surface area contributed by atoms with Gasteiger partial charge in [-0.25, -0.2) is 9.97 Å². The normalized spacial score (nSPS) is 14.9. The number of aromatic nitrogens is 3. The number of pyridine rings is 2. The molecule has 1 aliphatic heterocycles. The Bertz CT molecular complexity index is 1370. The van der Waals surface area contributed by atoms with E-state index in [1.165, 1.54) is 6.39 Å². The first-order valence-corrected chi connectivity index (χ1v) is 10.6. The summed E-state index contributed by atoms with van der Waals surface area (Å²) in [6.07, 6.45) is 1.30. The van der Waals surface area contributed by atoms with Gasteiger partial charge in [-0.1, -0.05) is 6.07 Å². The van der Waals surface area contributed by atoms with Crippen LogP contribution < -0.4 is 15.8 Å². The fraction of sp³-hybridized carbons (Fsp3) is 0.304. The standard InChI is InChI=1S/C23H24N6O3/c1-14-19(6-5-17(26-14)22(30)24-2)29-9-7-28(8-10-29)12-15-3-4-16-18(11-15)27-23(31)20-21(16)32-13-25-20/h3-6,11,13H,7-10,12H2,1-2H3,(H,24,30)(H,27,31). The number of aryl methyl sites for hydroxylation is 1. The number of nitrogens with one attached hydrogen (secondary N) is 2. The van der Waals surface area contributed by atoms with Crippen molar-refractivity contribution in [2.75, 3.05) is 38.1 Å². The van der Waals surface area contributed by atoms with Gasteiger partial charge in [0.25, 0.3) is 11.5 Å². The molecule has 4 heterocycles. The number of nitrogens with zero attached hydrogens (tertiary/aromatic N) is 4. The Morgan fingerprint density at radius 3 is 2.75 bits per heavy atom. The third-order valence-corrected chi connectivity index (χ3v) is 6.00. The largest absolute Gasteiger partial charge is 0.443 e. The third-order valence-electron chi connectivity index (χ3n) is 6.00. The van der Waals surface area contributed by atoms with Crippen LogP contribution in [0.2, 0.25) is 0 Å². The van der Waals surface area contributed by atoms with Gasteiger partial charge in [0, 0.05) is 45.2 Å². The van der Waals surface area contributed by atoms with Crippen LogP contribution in [0.4, 0.5) is 5.69 Å². The molecule has 1 aliphatic rings. The SMILES string of the molecule is CNC(=O)c1ccc(N2CCN(Cc3ccc4c(c3)[nH]c(=O)c3ncoc34)CC2)c(C)n1. The fourth-order valence-electron chi connectivity index (χ4n) is 4.32. The lowest BCUT2D eigenvalue weighted by molar-refractivity contribution is 0.0958. The predicted octanol–water partition coefficient (Wildman–Crippen LogP) is 2.05. The highest BCUT2D eigenvalue weighted by Crippen LogP contribution is 2.24. The highest BCUT2D eigenvalue weighted by Gasteiger charge is 2.20. The van der Waals surface area contributed by atoms with Gasteiger partial charge in [-0.15, -0.1) is 0 Å². The molecule has 1 aromatic carbocycles. The molecule has 0 saturated carbocycles. The zero-order valence-electron chi connectivity index (χ0n) is 18.0. The highest BCUT2D eigenvalue weighted by molar-refractivity contribution is 6.00. The zero-order valence-corrected chi connectivity index (χ0v) is 18.0. The minimum Gasteiger partial charge on any atom is -0.443 e. The lowest BCUT2D eigenvalue weighted by atomic mass is 10.1. The number of benzene rings is 1. The van der Waals surface area contributed by atoms with Crippen molar-refractivity contribution in [1.82, 2.24) is 25.2 Å². The number of oxazole rings is 1. The Morgan fingerprint density at radius 2 is 2.00 bits per heavy atom. The average molecular weight is 432 g/mol. The van der Waals surface area contributed by atoms with E-state index in [0.29, 0.717) is 16.8 Å². The van der Waals surface area contributed by atoms with E-state index in [0.717, 1.165) is 60.6 Å². The Balaban J connectivity index is 1.28. The number of fused-ring (bicyclic) bond motifs is 3. The number of anilines is 1. The molecule has 0 unspecified atom stereocenters. The molecule has 0 bridgehead atoms. The molecule has 0 spiro atoms. The number of rotatable bonds is 4. The van der Waals surface area contributed by atoms with Gasteiger partial charge in [-0.3, -0.25) is 14.5 Å². The molecule has 3 aromatic heterocycles. The van der Waals surface area contributed by atoms with Crippen LogP contribution in [0, 0.1) is 6.92 Å². The molecule has 0 radical (unpaired) electrons. The maximum absolute atomic E-state index is 12.2. The average Bonchev–Trinajstić information content (AvgIpc) is 3.30. The topological polar surface area (TPSA) is 107 Å². The summed E-state index contributed by atoms with van der Waals surface area (Å²) in [5, 5.41) is 3.46. The summed E-state index contributed by atoms with van der Waals surface area (Å²) in [7, 11) is 1.61. The maximum Gasteiger partial charge on any atom is 0.278 e. The summed E-state index contributed by atoms with van der Waals surface area (Å²) >= 11 is 0. The second-order valence-corrected chi connectivity index (χ2v) is 8.01. The minimum absolute atomic E-state index is 0.176. The molecule has 9 nitrogen and oxygen atoms in total. The van der Waals surface area contributed by atoms with Crippen LogP contribution in [0.15, 0.2) is 45.9 Å². The number of carbonyl (C=O) groups is 1. The molecule has 2 N–H and O–H groups in total. The Kier molecular flexibility index (Phi) is 5.10. The van der Waals surface area contributed by atoms with E-state index in [1.807, 2.05) is 25.1 Å². The molecule has 9 heteroatoms. The first kappa shape index (κ1) is 20.2. The number of aromatic amines is 1. The van der Waals surface area contributed by atoms with Crippen molar-refractivity contribution in [3.8, 4) is 0 Å². The maximum atomic E-state index is 12.2. The van der Waals surface area contributed by atoms with Crippen LogP contribution >= 0.6 is 0 Å². The van der Waals surface area contributed by atoms with E-state index >= 15 is 0 Å². The fourth-order valence-corrected chi connectivity index (χ4v) is 4.32. The molecular weight excluding hydrogens is 408 g/mol. The minimum atomic E-state index is -0.238. The molecule has 1 fully saturated rings. The molecule has 0 aliphatic carbocycles. The highest BCUT2D eigenvalue weighted by atomic mass is 16.3. The van der Waals surface area contributed by atoms with Crippen molar-refractivity contribution >= 4 is 33.6 Å². The Labute approximate surface area is 184 Å². The molecule has 5 rings (SSSR count). The molecule has 1 saturated heterocycles. The van der Waals surface area contributed by atoms with Crippen LogP contribution in [-0.4, -0.2) is 59.0 Å². The van der Waals surface area contributed by atoms with Gasteiger partial charge >= 0.3 is 0 Å². The second kappa shape index (κ2) is 8.08. The quantitative estimate of drug-likeness (QED) is 0.508. The summed E-state index contributed by atoms with van der Waals surface area (Å²) in [6, 6.07) is 9.81. The molecule has 4 aromatic rings. The summed E-state index contributed by atoms with van der Waals surface area (Å²) in [5.41, 5.74) is 4.86. The van der Waals surface area contributed by atoms with Crippen molar-refractivity contribution in [3.05, 3.63) is 64.0 Å². The number of carbonyl (C=O) groups excluding carboxylic acids is 1. The number of H-pyrrole nitrogens is 1. The second-order valence-electron chi connectivity index (χ2n) is 8.01. The van der Waals surface area contributed by atoms with Crippen molar-refractivity contribution < 1.29 is 9.21 Å². The monoisotopic (exact) mass is 432 g/mol. The van der Waals surface area contributed by atoms with Crippen LogP contribution in [-0.2, 0) is 6.54 Å². The Hall–Kier alpha value is -3.72. The van der Waals surface area contributed by atoms with E-state index < -0.39 is 0 Å². The van der Waals surface area contributed by atoms with Gasteiger partial charge in [0.2, 0.25) is 0 Å². The summed E-state index contributed by atoms with van der Waals surface area (Å²) in [5.74, 6) is -0.176. The molecule has 1 amide bonds. The molecule has 0 atom stereocenters. The van der Waals surface area contributed by atoms with Crippen molar-refractivity contribution in [3.63, 3.8) is 0 Å². The number of hydrogen-bond donors (Lipinski definition) is 2. The lowest BCUT2D eigenvalue weighted by Gasteiger charge is -2.36. The summed E-state index contributed by atoms with van der Waals surface area (Å²) < 4.78 is 5.42. The smallest absolute Gasteiger partial charge is 0.278 e. The predicted molar refractivity (Wildman–Crippen MR) is 122 cm³/mol. The first-order valence-electron chi connectivity index (χ1n) is 10.6. The number of hydrogen-bond acceptors (Lipinski definition) is 7. The summed E-state index contributed by atoms with van der Waals surface area (Å²) in [6.45, 7) is 6.32. The van der Waals surface area contributed by atoms with E-state index in [1.54, 1.807) is 13.1 Å². The lowest BCUT2D eigenvalue weighted by Crippen LogP contribution is -2.46. The van der Waals surface area contributed by atoms with E-state index in [9.17, 15) is 9.59 Å². The van der Waals surface area contributed by atoms with Gasteiger partial charge in [0.1, 0.15) is 5.69 Å². The van der Waals surface area contributed by atoms with E-state index in [4.69, 9.17) is 4.42 Å². The van der Waals surface area contributed by atoms with Crippen molar-refractivity contribution in [1.29, 1.82) is 0 Å². The zero-order chi connectivity index (χ0) is 22.2. The Morgan fingerprint density at radius 1 is 1.19 bits per heavy atom. The molecule has 164 valence electrons. The van der Waals surface area contributed by atoms with Gasteiger partial charge in [0.15, 0.2) is 17.5 Å². The van der Waals surface area contributed by atoms with Crippen molar-refractivity contribution in [2.45, 2.75) is 13.5 Å². The van der Waals surface area contributed by atoms with Crippen LogP contribution in [0.25, 0.3) is 22.0 Å². The van der Waals surface area contributed by atoms with E-state index in [-0.39, 0.29) is 11.5 Å². The van der Waals surface area contributed by atoms with Gasteiger partial charge in [0.05, 0.1) is 16.9 Å². The van der Waals surface area contributed by atoms with Crippen molar-refractivity contribution in [2.24, 2.45) is 0 Å². The number of amides is 1. The van der Waals surface area contributed by atoms with Crippen LogP contribution in [0.3, 0.4) is 0 Å². The van der Waals surface area contributed by atoms with Gasteiger partial charge < -0.3 is 19.6 Å². The van der Waals surface area contributed by atoms with Gasteiger partial charge in [-0.05, 0) is 36.8 Å². The van der Waals surface area contributed by atoms with Gasteiger partial charge in [-0.2, -0.15) is 0 Å². The molecule has 32 heavy (non-hydrogen) atoms.